The molecular formula is C17H16N2O3S2. The van der Waals surface area contributed by atoms with E-state index in [9.17, 15) is 4.79 Å². The van der Waals surface area contributed by atoms with Gasteiger partial charge in [0.05, 0.1) is 5.75 Å². The molecule has 0 aliphatic carbocycles. The van der Waals surface area contributed by atoms with E-state index in [0.717, 1.165) is 26.6 Å². The first kappa shape index (κ1) is 16.7. The van der Waals surface area contributed by atoms with Crippen LogP contribution in [-0.4, -0.2) is 34.9 Å². The van der Waals surface area contributed by atoms with Crippen molar-refractivity contribution < 1.29 is 14.3 Å². The molecule has 0 saturated heterocycles. The minimum atomic E-state index is -0.283. The number of aryl methyl sites for hydroxylation is 1. The Balaban J connectivity index is 1.41. The van der Waals surface area contributed by atoms with Crippen LogP contribution >= 0.6 is 23.1 Å². The standard InChI is InChI=1S/C17H16N2O3S2/c1-12-3-2-4-13(9-12)21-6-7-22-15(20)10-24-17-14-5-8-23-16(14)18-11-19-17/h2-5,8-9,11H,6-7,10H2,1H3. The average molecular weight is 360 g/mol. The monoisotopic (exact) mass is 360 g/mol. The number of hydrogen-bond donors (Lipinski definition) is 0. The molecule has 3 aromatic rings. The maximum absolute atomic E-state index is 11.8. The minimum absolute atomic E-state index is 0.215. The van der Waals surface area contributed by atoms with Crippen molar-refractivity contribution >= 4 is 39.3 Å². The second-order valence-electron chi connectivity index (χ2n) is 4.99. The van der Waals surface area contributed by atoms with Gasteiger partial charge in [-0.25, -0.2) is 9.97 Å². The van der Waals surface area contributed by atoms with E-state index in [-0.39, 0.29) is 18.3 Å². The fourth-order valence-electron chi connectivity index (χ4n) is 2.07. The number of nitrogens with zero attached hydrogens (tertiary/aromatic N) is 2. The van der Waals surface area contributed by atoms with Gasteiger partial charge in [0.1, 0.15) is 35.1 Å². The number of rotatable bonds is 7. The molecule has 0 unspecified atom stereocenters. The predicted octanol–water partition coefficient (Wildman–Crippen LogP) is 3.71. The van der Waals surface area contributed by atoms with Crippen molar-refractivity contribution in [3.63, 3.8) is 0 Å². The van der Waals surface area contributed by atoms with E-state index in [4.69, 9.17) is 9.47 Å². The summed E-state index contributed by atoms with van der Waals surface area (Å²) in [7, 11) is 0. The molecule has 24 heavy (non-hydrogen) atoms. The van der Waals surface area contributed by atoms with Crippen LogP contribution in [0.2, 0.25) is 0 Å². The lowest BCUT2D eigenvalue weighted by Crippen LogP contribution is -2.13. The van der Waals surface area contributed by atoms with Crippen LogP contribution in [0.15, 0.2) is 47.1 Å². The third-order valence-corrected chi connectivity index (χ3v) is 4.96. The molecule has 7 heteroatoms. The Hall–Kier alpha value is -2.12. The molecule has 0 spiro atoms. The third-order valence-electron chi connectivity index (χ3n) is 3.16. The van der Waals surface area contributed by atoms with Gasteiger partial charge in [-0.05, 0) is 36.1 Å². The summed E-state index contributed by atoms with van der Waals surface area (Å²) in [5, 5.41) is 3.74. The Morgan fingerprint density at radius 1 is 1.25 bits per heavy atom. The first-order valence-electron chi connectivity index (χ1n) is 7.38. The van der Waals surface area contributed by atoms with Crippen molar-refractivity contribution in [2.24, 2.45) is 0 Å². The molecule has 0 bridgehead atoms. The van der Waals surface area contributed by atoms with Gasteiger partial charge in [-0.15, -0.1) is 11.3 Å². The van der Waals surface area contributed by atoms with Gasteiger partial charge in [0.15, 0.2) is 0 Å². The lowest BCUT2D eigenvalue weighted by molar-refractivity contribution is -0.141. The van der Waals surface area contributed by atoms with Crippen LogP contribution in [0.5, 0.6) is 5.75 Å². The molecule has 0 fully saturated rings. The fourth-order valence-corrected chi connectivity index (χ4v) is 3.65. The van der Waals surface area contributed by atoms with Crippen molar-refractivity contribution in [2.75, 3.05) is 19.0 Å². The molecule has 0 saturated carbocycles. The van der Waals surface area contributed by atoms with Crippen molar-refractivity contribution in [2.45, 2.75) is 11.9 Å². The van der Waals surface area contributed by atoms with Crippen LogP contribution in [-0.2, 0) is 9.53 Å². The number of esters is 1. The van der Waals surface area contributed by atoms with Crippen LogP contribution in [0.25, 0.3) is 10.2 Å². The highest BCUT2D eigenvalue weighted by atomic mass is 32.2. The van der Waals surface area contributed by atoms with E-state index in [2.05, 4.69) is 9.97 Å². The maximum atomic E-state index is 11.8. The summed E-state index contributed by atoms with van der Waals surface area (Å²) in [4.78, 5) is 21.1. The van der Waals surface area contributed by atoms with E-state index < -0.39 is 0 Å². The van der Waals surface area contributed by atoms with Crippen molar-refractivity contribution in [3.8, 4) is 5.75 Å². The zero-order valence-electron chi connectivity index (χ0n) is 13.1. The summed E-state index contributed by atoms with van der Waals surface area (Å²) < 4.78 is 10.7. The average Bonchev–Trinajstić information content (AvgIpc) is 3.06. The normalized spacial score (nSPS) is 10.7. The van der Waals surface area contributed by atoms with Crippen LogP contribution in [0.4, 0.5) is 0 Å². The van der Waals surface area contributed by atoms with Gasteiger partial charge in [0.2, 0.25) is 0 Å². The van der Waals surface area contributed by atoms with Crippen molar-refractivity contribution in [1.29, 1.82) is 0 Å². The number of carbonyl (C=O) groups excluding carboxylic acids is 1. The molecule has 1 aromatic carbocycles. The highest BCUT2D eigenvalue weighted by Crippen LogP contribution is 2.27. The topological polar surface area (TPSA) is 61.3 Å². The number of ether oxygens (including phenoxy) is 2. The van der Waals surface area contributed by atoms with Gasteiger partial charge in [-0.1, -0.05) is 23.9 Å². The summed E-state index contributed by atoms with van der Waals surface area (Å²) in [6, 6.07) is 9.72. The van der Waals surface area contributed by atoms with Gasteiger partial charge in [0, 0.05) is 5.39 Å². The number of hydrogen-bond acceptors (Lipinski definition) is 7. The largest absolute Gasteiger partial charge is 0.490 e. The van der Waals surface area contributed by atoms with Gasteiger partial charge in [0.25, 0.3) is 0 Å². The van der Waals surface area contributed by atoms with Crippen LogP contribution in [0.3, 0.4) is 0 Å². The third kappa shape index (κ3) is 4.46. The number of carbonyl (C=O) groups is 1. The minimum Gasteiger partial charge on any atom is -0.490 e. The van der Waals surface area contributed by atoms with E-state index in [0.29, 0.717) is 6.61 Å². The Kier molecular flexibility index (Phi) is 5.66. The van der Waals surface area contributed by atoms with Gasteiger partial charge in [-0.3, -0.25) is 4.79 Å². The highest BCUT2D eigenvalue weighted by molar-refractivity contribution is 8.00. The van der Waals surface area contributed by atoms with Crippen molar-refractivity contribution in [1.82, 2.24) is 9.97 Å². The summed E-state index contributed by atoms with van der Waals surface area (Å²) in [6.07, 6.45) is 1.52. The number of thiophene rings is 1. The molecule has 124 valence electrons. The molecule has 0 amide bonds. The zero-order chi connectivity index (χ0) is 16.8. The predicted molar refractivity (Wildman–Crippen MR) is 95.8 cm³/mol. The lowest BCUT2D eigenvalue weighted by atomic mass is 10.2. The van der Waals surface area contributed by atoms with Gasteiger partial charge < -0.3 is 9.47 Å². The van der Waals surface area contributed by atoms with E-state index in [1.165, 1.54) is 18.1 Å². The molecular weight excluding hydrogens is 344 g/mol. The summed E-state index contributed by atoms with van der Waals surface area (Å²) in [5.74, 6) is 0.711. The maximum Gasteiger partial charge on any atom is 0.316 e. The Labute approximate surface area is 148 Å². The second-order valence-corrected chi connectivity index (χ2v) is 6.85. The van der Waals surface area contributed by atoms with Gasteiger partial charge >= 0.3 is 5.97 Å². The molecule has 0 aliphatic rings. The quantitative estimate of drug-likeness (QED) is 0.277. The second kappa shape index (κ2) is 8.12. The Morgan fingerprint density at radius 2 is 2.17 bits per heavy atom. The lowest BCUT2D eigenvalue weighted by Gasteiger charge is -2.08. The van der Waals surface area contributed by atoms with E-state index in [1.807, 2.05) is 42.6 Å². The molecule has 0 radical (unpaired) electrons. The Bertz CT molecular complexity index is 835. The van der Waals surface area contributed by atoms with Crippen LogP contribution < -0.4 is 4.74 Å². The number of thioether (sulfide) groups is 1. The van der Waals surface area contributed by atoms with Gasteiger partial charge in [-0.2, -0.15) is 0 Å². The SMILES string of the molecule is Cc1cccc(OCCOC(=O)CSc2ncnc3sccc23)c1. The molecule has 2 heterocycles. The molecule has 0 atom stereocenters. The number of benzene rings is 1. The smallest absolute Gasteiger partial charge is 0.316 e. The van der Waals surface area contributed by atoms with E-state index in [1.54, 1.807) is 11.3 Å². The first-order valence-corrected chi connectivity index (χ1v) is 9.25. The Morgan fingerprint density at radius 3 is 3.04 bits per heavy atom. The summed E-state index contributed by atoms with van der Waals surface area (Å²) >= 11 is 2.91. The van der Waals surface area contributed by atoms with Crippen molar-refractivity contribution in [3.05, 3.63) is 47.6 Å². The molecule has 0 aliphatic heterocycles. The summed E-state index contributed by atoms with van der Waals surface area (Å²) in [5.41, 5.74) is 1.13. The van der Waals surface area contributed by atoms with E-state index >= 15 is 0 Å². The molecule has 0 N–H and O–H groups in total. The fraction of sp³-hybridized carbons (Fsp3) is 0.235. The van der Waals surface area contributed by atoms with Crippen LogP contribution in [0, 0.1) is 6.92 Å². The highest BCUT2D eigenvalue weighted by Gasteiger charge is 2.09. The molecule has 5 nitrogen and oxygen atoms in total. The van der Waals surface area contributed by atoms with Crippen LogP contribution in [0.1, 0.15) is 5.56 Å². The molecule has 2 aromatic heterocycles. The first-order chi connectivity index (χ1) is 11.7. The summed E-state index contributed by atoms with van der Waals surface area (Å²) in [6.45, 7) is 2.56. The number of aromatic nitrogens is 2. The molecule has 3 rings (SSSR count). The number of fused-ring (bicyclic) bond motifs is 1. The zero-order valence-corrected chi connectivity index (χ0v) is 14.7.